The molecular weight excluding hydrogens is 334 g/mol. The Morgan fingerprint density at radius 2 is 0.947 bits per heavy atom. The molecule has 0 saturated heterocycles. The second-order valence-corrected chi connectivity index (χ2v) is 4.66. The number of nitrogens with zero attached hydrogens (tertiary/aromatic N) is 6. The fourth-order valence-electron chi connectivity index (χ4n) is 0.559. The van der Waals surface area contributed by atoms with Gasteiger partial charge in [0.05, 0.1) is 11.4 Å². The number of amidine groups is 2. The first-order valence-electron chi connectivity index (χ1n) is 5.19. The molecule has 0 N–H and O–H groups in total. The van der Waals surface area contributed by atoms with Crippen LogP contribution in [0.25, 0.3) is 0 Å². The Morgan fingerprint density at radius 1 is 0.684 bits per heavy atom. The van der Waals surface area contributed by atoms with Crippen molar-refractivity contribution in [3.63, 3.8) is 0 Å². The summed E-state index contributed by atoms with van der Waals surface area (Å²) >= 11 is 9.97. The van der Waals surface area contributed by atoms with E-state index in [0.717, 1.165) is 0 Å². The maximum Gasteiger partial charge on any atom is 2.00 e. The van der Waals surface area contributed by atoms with Gasteiger partial charge in [0.2, 0.25) is 0 Å². The van der Waals surface area contributed by atoms with E-state index in [9.17, 15) is 0 Å². The summed E-state index contributed by atoms with van der Waals surface area (Å²) in [5.74, 6) is 0. The molecule has 0 saturated carbocycles. The summed E-state index contributed by atoms with van der Waals surface area (Å²) in [7, 11) is 7.23. The first-order chi connectivity index (χ1) is 8.25. The van der Waals surface area contributed by atoms with Crippen molar-refractivity contribution in [2.24, 2.45) is 20.4 Å². The molecular formula is C10H18N6S2Zn. The van der Waals surface area contributed by atoms with Gasteiger partial charge in [0.1, 0.15) is 0 Å². The maximum atomic E-state index is 4.98. The molecule has 0 heterocycles. The van der Waals surface area contributed by atoms with Crippen LogP contribution in [0, 0.1) is 0 Å². The van der Waals surface area contributed by atoms with E-state index in [1.165, 1.54) is 0 Å². The minimum atomic E-state index is 0. The second kappa shape index (κ2) is 10.2. The fourth-order valence-corrected chi connectivity index (χ4v) is 0.641. The van der Waals surface area contributed by atoms with Crippen molar-refractivity contribution in [2.75, 3.05) is 28.2 Å². The van der Waals surface area contributed by atoms with Crippen LogP contribution in [0.5, 0.6) is 0 Å². The van der Waals surface area contributed by atoms with Gasteiger partial charge in [-0.2, -0.15) is 20.4 Å². The predicted octanol–water partition coefficient (Wildman–Crippen LogP) is 0.665. The van der Waals surface area contributed by atoms with Crippen LogP contribution >= 0.6 is 0 Å². The van der Waals surface area contributed by atoms with Gasteiger partial charge in [-0.05, 0) is 13.8 Å². The molecule has 9 heteroatoms. The van der Waals surface area contributed by atoms with Crippen LogP contribution in [-0.4, -0.2) is 59.7 Å². The van der Waals surface area contributed by atoms with Gasteiger partial charge in [0, 0.05) is 38.5 Å². The van der Waals surface area contributed by atoms with Gasteiger partial charge in [-0.1, -0.05) is 0 Å². The van der Waals surface area contributed by atoms with E-state index in [1.54, 1.807) is 23.6 Å². The molecule has 0 aliphatic rings. The third kappa shape index (κ3) is 8.96. The Bertz CT molecular complexity index is 363. The van der Waals surface area contributed by atoms with Crippen molar-refractivity contribution < 1.29 is 19.5 Å². The molecule has 0 spiro atoms. The van der Waals surface area contributed by atoms with Gasteiger partial charge in [-0.25, -0.2) is 0 Å². The SMILES string of the molecule is CC(=N\N=C([S-])N(C)C)/C(C)=N/N=C([S-])N(C)C.[Zn+2]. The zero-order valence-electron chi connectivity index (χ0n) is 12.2. The third-order valence-electron chi connectivity index (χ3n) is 1.86. The Labute approximate surface area is 138 Å². The molecule has 0 atom stereocenters. The van der Waals surface area contributed by atoms with E-state index < -0.39 is 0 Å². The number of hydrogen-bond acceptors (Lipinski definition) is 6. The van der Waals surface area contributed by atoms with E-state index in [0.29, 0.717) is 21.8 Å². The minimum Gasteiger partial charge on any atom is -0.741 e. The van der Waals surface area contributed by atoms with Crippen molar-refractivity contribution in [1.82, 2.24) is 9.80 Å². The average Bonchev–Trinajstić information content (AvgIpc) is 2.31. The van der Waals surface area contributed by atoms with Crippen LogP contribution in [-0.2, 0) is 44.7 Å². The summed E-state index contributed by atoms with van der Waals surface area (Å²) < 4.78 is 0. The molecule has 0 amide bonds. The molecule has 19 heavy (non-hydrogen) atoms. The van der Waals surface area contributed by atoms with Gasteiger partial charge in [0.15, 0.2) is 0 Å². The van der Waals surface area contributed by atoms with Crippen molar-refractivity contribution >= 4 is 47.0 Å². The largest absolute Gasteiger partial charge is 2.00 e. The normalized spacial score (nSPS) is 14.0. The molecule has 0 aromatic heterocycles. The molecule has 0 bridgehead atoms. The van der Waals surface area contributed by atoms with Crippen molar-refractivity contribution in [1.29, 1.82) is 0 Å². The molecule has 0 aromatic rings. The van der Waals surface area contributed by atoms with Crippen molar-refractivity contribution in [2.45, 2.75) is 13.8 Å². The molecule has 0 aromatic carbocycles. The summed E-state index contributed by atoms with van der Waals surface area (Å²) in [6, 6.07) is 0. The zero-order chi connectivity index (χ0) is 14.3. The van der Waals surface area contributed by atoms with Crippen LogP contribution < -0.4 is 0 Å². The Morgan fingerprint density at radius 3 is 1.16 bits per heavy atom. The van der Waals surface area contributed by atoms with E-state index in [2.05, 4.69) is 20.4 Å². The fraction of sp³-hybridized carbons (Fsp3) is 0.600. The Kier molecular flexibility index (Phi) is 11.1. The monoisotopic (exact) mass is 350 g/mol. The van der Waals surface area contributed by atoms with Crippen molar-refractivity contribution in [3.05, 3.63) is 0 Å². The molecule has 0 radical (unpaired) electrons. The van der Waals surface area contributed by atoms with E-state index >= 15 is 0 Å². The van der Waals surface area contributed by atoms with Crippen LogP contribution in [0.3, 0.4) is 0 Å². The molecule has 0 aliphatic carbocycles. The molecule has 6 nitrogen and oxygen atoms in total. The van der Waals surface area contributed by atoms with Crippen molar-refractivity contribution in [3.8, 4) is 0 Å². The minimum absolute atomic E-state index is 0. The number of hydrogen-bond donors (Lipinski definition) is 0. The summed E-state index contributed by atoms with van der Waals surface area (Å²) in [5, 5.41) is 16.5. The molecule has 102 valence electrons. The second-order valence-electron chi connectivity index (χ2n) is 3.92. The maximum absolute atomic E-state index is 4.98. The Hall–Kier alpha value is -0.657. The van der Waals surface area contributed by atoms with Gasteiger partial charge >= 0.3 is 19.5 Å². The third-order valence-corrected chi connectivity index (χ3v) is 2.75. The quantitative estimate of drug-likeness (QED) is 0.246. The molecule has 0 unspecified atom stereocenters. The van der Waals surface area contributed by atoms with Gasteiger partial charge in [0.25, 0.3) is 0 Å². The van der Waals surface area contributed by atoms with Gasteiger partial charge in [-0.3, -0.25) is 0 Å². The summed E-state index contributed by atoms with van der Waals surface area (Å²) in [6.45, 7) is 3.57. The first kappa shape index (κ1) is 20.7. The zero-order valence-corrected chi connectivity index (χ0v) is 16.8. The Balaban J connectivity index is 0. The topological polar surface area (TPSA) is 55.9 Å². The standard InChI is InChI=1S/C10H20N6S2.Zn/c1-7(11-13-9(17)15(3)4)8(2)12-14-10(18)16(5)6;/h1-6H3,(H,13,17)(H,14,18);/q;+2/p-2/b11-7+,12-8+;. The number of rotatable bonds is 3. The van der Waals surface area contributed by atoms with E-state index in [1.807, 2.05) is 28.2 Å². The van der Waals surface area contributed by atoms with Gasteiger partial charge < -0.3 is 35.1 Å². The van der Waals surface area contributed by atoms with Crippen LogP contribution in [0.4, 0.5) is 0 Å². The van der Waals surface area contributed by atoms with Crippen LogP contribution in [0.1, 0.15) is 13.8 Å². The first-order valence-corrected chi connectivity index (χ1v) is 6.01. The van der Waals surface area contributed by atoms with Crippen LogP contribution in [0.2, 0.25) is 0 Å². The van der Waals surface area contributed by atoms with E-state index in [4.69, 9.17) is 25.3 Å². The summed E-state index contributed by atoms with van der Waals surface area (Å²) in [5.41, 5.74) is 1.29. The smallest absolute Gasteiger partial charge is 0.741 e. The predicted molar refractivity (Wildman–Crippen MR) is 83.2 cm³/mol. The molecule has 0 aliphatic heterocycles. The summed E-state index contributed by atoms with van der Waals surface area (Å²) in [4.78, 5) is 3.40. The van der Waals surface area contributed by atoms with Gasteiger partial charge in [-0.15, -0.1) is 0 Å². The summed E-state index contributed by atoms with van der Waals surface area (Å²) in [6.07, 6.45) is 0. The van der Waals surface area contributed by atoms with Crippen LogP contribution in [0.15, 0.2) is 20.4 Å². The average molecular weight is 352 g/mol. The van der Waals surface area contributed by atoms with E-state index in [-0.39, 0.29) is 19.5 Å². The molecule has 0 rings (SSSR count). The molecule has 0 fully saturated rings.